The van der Waals surface area contributed by atoms with Gasteiger partial charge in [-0.05, 0) is 0 Å². The predicted molar refractivity (Wildman–Crippen MR) is 62.0 cm³/mol. The normalized spacial score (nSPS) is 12.6. The molecule has 10 heteroatoms. The van der Waals surface area contributed by atoms with Crippen molar-refractivity contribution in [2.75, 3.05) is 13.0 Å². The number of hydrogen-bond donors (Lipinski definition) is 2. The van der Waals surface area contributed by atoms with Gasteiger partial charge < -0.3 is 15.2 Å². The molecule has 2 N–H and O–H groups in total. The number of carboxylic acid groups (broad SMARTS) is 1. The zero-order chi connectivity index (χ0) is 13.7. The van der Waals surface area contributed by atoms with Crippen LogP contribution in [0.2, 0.25) is 0 Å². The van der Waals surface area contributed by atoms with E-state index < -0.39 is 17.6 Å². The van der Waals surface area contributed by atoms with Gasteiger partial charge >= 0.3 is 5.97 Å². The molecule has 0 bridgehead atoms. The molecule has 0 fully saturated rings. The van der Waals surface area contributed by atoms with Gasteiger partial charge in [-0.25, -0.2) is 4.79 Å². The number of carboxylic acids is 1. The standard InChI is InChI=1S/C8H8ClN3O5S/c1-17-11-6(7(14)15)4-3-18-8(12(4)16)10-5(13)2-9/h3,16H,2H2,1H3,(H,14,15)/b10-8?,11-6-. The summed E-state index contributed by atoms with van der Waals surface area (Å²) in [6.45, 7) is 0. The number of oxime groups is 1. The zero-order valence-electron chi connectivity index (χ0n) is 9.03. The smallest absolute Gasteiger partial charge is 0.360 e. The number of aromatic nitrogens is 1. The van der Waals surface area contributed by atoms with Gasteiger partial charge in [0.1, 0.15) is 18.7 Å². The Bertz CT molecular complexity index is 561. The summed E-state index contributed by atoms with van der Waals surface area (Å²) < 4.78 is 0.432. The Hall–Kier alpha value is -1.87. The number of alkyl halides is 1. The Labute approximate surface area is 109 Å². The Morgan fingerprint density at radius 3 is 2.78 bits per heavy atom. The van der Waals surface area contributed by atoms with Crippen molar-refractivity contribution in [3.05, 3.63) is 15.9 Å². The van der Waals surface area contributed by atoms with E-state index in [1.54, 1.807) is 0 Å². The Morgan fingerprint density at radius 2 is 2.28 bits per heavy atom. The average Bonchev–Trinajstić information content (AvgIpc) is 2.67. The molecule has 0 spiro atoms. The molecule has 0 aliphatic carbocycles. The van der Waals surface area contributed by atoms with Crippen LogP contribution in [0.3, 0.4) is 0 Å². The number of carbonyl (C=O) groups excluding carboxylic acids is 1. The highest BCUT2D eigenvalue weighted by Gasteiger charge is 2.19. The SMILES string of the molecule is CO/N=C(\C(=O)O)c1csc(=NC(=O)CCl)n1O. The lowest BCUT2D eigenvalue weighted by atomic mass is 10.3. The van der Waals surface area contributed by atoms with Gasteiger partial charge in [-0.15, -0.1) is 22.9 Å². The molecule has 1 aromatic heterocycles. The molecule has 1 rings (SSSR count). The molecule has 0 aliphatic rings. The van der Waals surface area contributed by atoms with Gasteiger partial charge in [0.05, 0.1) is 0 Å². The van der Waals surface area contributed by atoms with E-state index in [0.717, 1.165) is 11.3 Å². The minimum atomic E-state index is -1.40. The fourth-order valence-electron chi connectivity index (χ4n) is 0.964. The molecular weight excluding hydrogens is 286 g/mol. The summed E-state index contributed by atoms with van der Waals surface area (Å²) >= 11 is 6.11. The third kappa shape index (κ3) is 3.08. The second-order valence-electron chi connectivity index (χ2n) is 2.78. The Balaban J connectivity index is 3.29. The lowest BCUT2D eigenvalue weighted by molar-refractivity contribution is -0.129. The third-order valence-electron chi connectivity index (χ3n) is 1.65. The number of aliphatic carboxylic acids is 1. The number of hydrogen-bond acceptors (Lipinski definition) is 6. The summed E-state index contributed by atoms with van der Waals surface area (Å²) in [7, 11) is 1.17. The molecule has 18 heavy (non-hydrogen) atoms. The summed E-state index contributed by atoms with van der Waals surface area (Å²) in [6.07, 6.45) is 0. The minimum absolute atomic E-state index is 0.110. The maximum Gasteiger partial charge on any atom is 0.360 e. The van der Waals surface area contributed by atoms with E-state index in [4.69, 9.17) is 16.7 Å². The van der Waals surface area contributed by atoms with Crippen LogP contribution in [-0.4, -0.2) is 45.6 Å². The lowest BCUT2D eigenvalue weighted by Crippen LogP contribution is -2.24. The lowest BCUT2D eigenvalue weighted by Gasteiger charge is -1.99. The highest BCUT2D eigenvalue weighted by atomic mass is 35.5. The average molecular weight is 294 g/mol. The third-order valence-corrected chi connectivity index (χ3v) is 2.69. The number of nitrogens with zero attached hydrogens (tertiary/aromatic N) is 3. The Morgan fingerprint density at radius 1 is 1.61 bits per heavy atom. The first-order valence-electron chi connectivity index (χ1n) is 4.39. The van der Waals surface area contributed by atoms with Crippen molar-refractivity contribution < 1.29 is 24.7 Å². The summed E-state index contributed by atoms with van der Waals surface area (Å²) in [5.41, 5.74) is -0.675. The van der Waals surface area contributed by atoms with Crippen molar-refractivity contribution in [1.82, 2.24) is 4.73 Å². The highest BCUT2D eigenvalue weighted by molar-refractivity contribution is 7.07. The van der Waals surface area contributed by atoms with Crippen LogP contribution in [0.1, 0.15) is 5.69 Å². The topological polar surface area (TPSA) is 113 Å². The van der Waals surface area contributed by atoms with Gasteiger partial charge in [-0.3, -0.25) is 4.79 Å². The molecule has 0 saturated carbocycles. The van der Waals surface area contributed by atoms with Crippen LogP contribution >= 0.6 is 22.9 Å². The van der Waals surface area contributed by atoms with E-state index in [0.29, 0.717) is 4.73 Å². The van der Waals surface area contributed by atoms with Crippen molar-refractivity contribution in [3.8, 4) is 0 Å². The molecule has 0 saturated heterocycles. The maximum atomic E-state index is 11.0. The van der Waals surface area contributed by atoms with Gasteiger partial charge in [0, 0.05) is 5.38 Å². The molecule has 0 unspecified atom stereocenters. The summed E-state index contributed by atoms with van der Waals surface area (Å²) in [4.78, 5) is 29.6. The van der Waals surface area contributed by atoms with E-state index in [2.05, 4.69) is 15.0 Å². The van der Waals surface area contributed by atoms with Crippen LogP contribution in [0.25, 0.3) is 0 Å². The van der Waals surface area contributed by atoms with Crippen LogP contribution in [-0.2, 0) is 14.4 Å². The molecule has 1 amide bonds. The van der Waals surface area contributed by atoms with E-state index >= 15 is 0 Å². The maximum absolute atomic E-state index is 11.0. The van der Waals surface area contributed by atoms with Gasteiger partial charge in [0.15, 0.2) is 0 Å². The fraction of sp³-hybridized carbons (Fsp3) is 0.250. The van der Waals surface area contributed by atoms with Crippen molar-refractivity contribution in [3.63, 3.8) is 0 Å². The van der Waals surface area contributed by atoms with E-state index in [9.17, 15) is 14.8 Å². The first kappa shape index (κ1) is 14.2. The van der Waals surface area contributed by atoms with Crippen molar-refractivity contribution >= 4 is 40.5 Å². The van der Waals surface area contributed by atoms with Gasteiger partial charge in [-0.1, -0.05) is 5.16 Å². The number of halogens is 1. The van der Waals surface area contributed by atoms with Crippen LogP contribution in [0.15, 0.2) is 15.5 Å². The summed E-state index contributed by atoms with van der Waals surface area (Å²) in [5, 5.41) is 23.1. The van der Waals surface area contributed by atoms with Gasteiger partial charge in [0.2, 0.25) is 10.5 Å². The largest absolute Gasteiger partial charge is 0.476 e. The second kappa shape index (κ2) is 6.17. The quantitative estimate of drug-likeness (QED) is 0.348. The van der Waals surface area contributed by atoms with Crippen LogP contribution in [0.5, 0.6) is 0 Å². The molecule has 0 radical (unpaired) electrons. The predicted octanol–water partition coefficient (Wildman–Crippen LogP) is -0.112. The van der Waals surface area contributed by atoms with Crippen LogP contribution in [0.4, 0.5) is 0 Å². The van der Waals surface area contributed by atoms with E-state index in [1.165, 1.54) is 12.5 Å². The number of thiazole rings is 1. The van der Waals surface area contributed by atoms with Gasteiger partial charge in [0.25, 0.3) is 5.91 Å². The highest BCUT2D eigenvalue weighted by Crippen LogP contribution is 2.03. The number of carbonyl (C=O) groups is 2. The number of rotatable bonds is 4. The molecule has 8 nitrogen and oxygen atoms in total. The van der Waals surface area contributed by atoms with Crippen molar-refractivity contribution in [2.45, 2.75) is 0 Å². The monoisotopic (exact) mass is 293 g/mol. The van der Waals surface area contributed by atoms with E-state index in [1.807, 2.05) is 0 Å². The zero-order valence-corrected chi connectivity index (χ0v) is 10.6. The molecule has 0 atom stereocenters. The Kier molecular flexibility index (Phi) is 4.86. The summed E-state index contributed by atoms with van der Waals surface area (Å²) in [6, 6.07) is 0. The first-order valence-corrected chi connectivity index (χ1v) is 5.80. The van der Waals surface area contributed by atoms with Crippen LogP contribution < -0.4 is 4.80 Å². The first-order chi connectivity index (χ1) is 8.51. The van der Waals surface area contributed by atoms with E-state index in [-0.39, 0.29) is 16.4 Å². The number of amides is 1. The minimum Gasteiger partial charge on any atom is -0.476 e. The molecule has 1 aromatic rings. The molecular formula is C8H8ClN3O5S. The van der Waals surface area contributed by atoms with Crippen molar-refractivity contribution in [1.29, 1.82) is 0 Å². The van der Waals surface area contributed by atoms with Gasteiger partial charge in [-0.2, -0.15) is 9.72 Å². The molecule has 1 heterocycles. The molecule has 0 aromatic carbocycles. The second-order valence-corrected chi connectivity index (χ2v) is 3.89. The molecule has 98 valence electrons. The molecule has 0 aliphatic heterocycles. The van der Waals surface area contributed by atoms with Crippen LogP contribution in [0, 0.1) is 0 Å². The van der Waals surface area contributed by atoms with Crippen molar-refractivity contribution in [2.24, 2.45) is 10.1 Å². The fourth-order valence-corrected chi connectivity index (χ4v) is 1.81. The summed E-state index contributed by atoms with van der Waals surface area (Å²) in [5.74, 6) is -2.40.